The van der Waals surface area contributed by atoms with E-state index in [1.54, 1.807) is 6.92 Å². The van der Waals surface area contributed by atoms with Crippen LogP contribution in [-0.4, -0.2) is 39.2 Å². The summed E-state index contributed by atoms with van der Waals surface area (Å²) in [5.74, 6) is -1.62. The number of aryl methyl sites for hydroxylation is 1. The maximum Gasteiger partial charge on any atom is 0.271 e. The van der Waals surface area contributed by atoms with Crippen molar-refractivity contribution < 1.29 is 18.4 Å². The zero-order chi connectivity index (χ0) is 18.6. The number of halogens is 1. The van der Waals surface area contributed by atoms with E-state index in [1.807, 2.05) is 0 Å². The van der Waals surface area contributed by atoms with Crippen LogP contribution in [0.2, 0.25) is 0 Å². The number of oxazole rings is 1. The number of alkyl halides is 1. The fraction of sp³-hybridized carbons (Fsp3) is 0.438. The van der Waals surface area contributed by atoms with Crippen LogP contribution in [0.3, 0.4) is 0 Å². The molecule has 2 atom stereocenters. The van der Waals surface area contributed by atoms with E-state index in [-0.39, 0.29) is 12.1 Å². The van der Waals surface area contributed by atoms with E-state index in [2.05, 4.69) is 15.4 Å². The normalized spacial score (nSPS) is 13.3. The van der Waals surface area contributed by atoms with Gasteiger partial charge >= 0.3 is 0 Å². The average Bonchev–Trinajstić information content (AvgIpc) is 3.00. The summed E-state index contributed by atoms with van der Waals surface area (Å²) in [6.45, 7) is 3.56. The van der Waals surface area contributed by atoms with E-state index in [9.17, 15) is 18.8 Å². The Hall–Kier alpha value is -2.84. The standard InChI is InChI=1S/C16H19FN4O4/c1-9(15(23)19-10(2)14(22)6-17)13-4-5-18-21(16(13)24)7-12-8-25-11(3)20-12/h4-5,8-10H,6-7H2,1-3H3,(H,19,23). The molecule has 134 valence electrons. The maximum atomic E-state index is 12.5. The lowest BCUT2D eigenvalue weighted by Crippen LogP contribution is -2.42. The van der Waals surface area contributed by atoms with Crippen molar-refractivity contribution in [1.82, 2.24) is 20.1 Å². The molecule has 0 saturated heterocycles. The Labute approximate surface area is 143 Å². The minimum atomic E-state index is -1.16. The number of amides is 1. The molecule has 0 bridgehead atoms. The van der Waals surface area contributed by atoms with Crippen LogP contribution in [0.25, 0.3) is 0 Å². The van der Waals surface area contributed by atoms with Crippen LogP contribution in [0.5, 0.6) is 0 Å². The highest BCUT2D eigenvalue weighted by Gasteiger charge is 2.23. The third-order valence-corrected chi connectivity index (χ3v) is 3.75. The van der Waals surface area contributed by atoms with E-state index in [1.165, 1.54) is 37.1 Å². The number of aromatic nitrogens is 3. The summed E-state index contributed by atoms with van der Waals surface area (Å²) in [5.41, 5.74) is 0.298. The maximum absolute atomic E-state index is 12.5. The molecule has 0 spiro atoms. The van der Waals surface area contributed by atoms with Gasteiger partial charge in [-0.15, -0.1) is 0 Å². The van der Waals surface area contributed by atoms with Gasteiger partial charge in [-0.2, -0.15) is 5.10 Å². The van der Waals surface area contributed by atoms with E-state index in [0.29, 0.717) is 11.6 Å². The van der Waals surface area contributed by atoms with Gasteiger partial charge in [0.05, 0.1) is 18.5 Å². The minimum absolute atomic E-state index is 0.106. The molecular weight excluding hydrogens is 331 g/mol. The first-order chi connectivity index (χ1) is 11.8. The van der Waals surface area contributed by atoms with Crippen LogP contribution in [0.4, 0.5) is 4.39 Å². The number of carbonyl (C=O) groups excluding carboxylic acids is 2. The van der Waals surface area contributed by atoms with Gasteiger partial charge in [0.2, 0.25) is 5.91 Å². The second-order valence-electron chi connectivity index (χ2n) is 5.66. The molecule has 0 aliphatic rings. The van der Waals surface area contributed by atoms with Crippen molar-refractivity contribution in [2.45, 2.75) is 39.3 Å². The Morgan fingerprint density at radius 1 is 1.40 bits per heavy atom. The van der Waals surface area contributed by atoms with E-state index >= 15 is 0 Å². The first kappa shape index (κ1) is 18.5. The van der Waals surface area contributed by atoms with E-state index < -0.39 is 35.9 Å². The highest BCUT2D eigenvalue weighted by molar-refractivity contribution is 5.91. The van der Waals surface area contributed by atoms with Crippen molar-refractivity contribution in [3.63, 3.8) is 0 Å². The summed E-state index contributed by atoms with van der Waals surface area (Å²) in [4.78, 5) is 40.1. The number of nitrogens with one attached hydrogen (secondary N) is 1. The Kier molecular flexibility index (Phi) is 5.79. The highest BCUT2D eigenvalue weighted by Crippen LogP contribution is 2.11. The van der Waals surface area contributed by atoms with Gasteiger partial charge in [0.25, 0.3) is 5.56 Å². The summed E-state index contributed by atoms with van der Waals surface area (Å²) >= 11 is 0. The van der Waals surface area contributed by atoms with Crippen molar-refractivity contribution in [2.24, 2.45) is 0 Å². The summed E-state index contributed by atoms with van der Waals surface area (Å²) in [6.07, 6.45) is 2.83. The first-order valence-corrected chi connectivity index (χ1v) is 7.69. The number of ketones is 1. The van der Waals surface area contributed by atoms with Crippen LogP contribution in [0.15, 0.2) is 27.7 Å². The van der Waals surface area contributed by atoms with Gasteiger partial charge in [-0.25, -0.2) is 14.1 Å². The van der Waals surface area contributed by atoms with Gasteiger partial charge in [-0.1, -0.05) is 0 Å². The highest BCUT2D eigenvalue weighted by atomic mass is 19.1. The molecule has 25 heavy (non-hydrogen) atoms. The lowest BCUT2D eigenvalue weighted by molar-refractivity contribution is -0.128. The molecule has 0 fully saturated rings. The molecule has 2 aromatic heterocycles. The van der Waals surface area contributed by atoms with Gasteiger partial charge in [-0.05, 0) is 19.9 Å². The lowest BCUT2D eigenvalue weighted by atomic mass is 10.0. The number of Topliss-reactive ketones (excluding diaryl/α,β-unsaturated/α-hetero) is 1. The second-order valence-corrected chi connectivity index (χ2v) is 5.66. The summed E-state index contributed by atoms with van der Waals surface area (Å²) in [5, 5.41) is 6.38. The predicted octanol–water partition coefficient (Wildman–Crippen LogP) is 0.735. The van der Waals surface area contributed by atoms with Crippen LogP contribution >= 0.6 is 0 Å². The summed E-state index contributed by atoms with van der Waals surface area (Å²) < 4.78 is 18.6. The zero-order valence-corrected chi connectivity index (χ0v) is 14.2. The van der Waals surface area contributed by atoms with Crippen molar-refractivity contribution in [3.05, 3.63) is 46.0 Å². The second kappa shape index (κ2) is 7.82. The van der Waals surface area contributed by atoms with Gasteiger partial charge < -0.3 is 9.73 Å². The number of hydrogen-bond donors (Lipinski definition) is 1. The van der Waals surface area contributed by atoms with Crippen LogP contribution in [0, 0.1) is 6.92 Å². The summed E-state index contributed by atoms with van der Waals surface area (Å²) in [6, 6.07) is 0.487. The van der Waals surface area contributed by atoms with Crippen LogP contribution in [0.1, 0.15) is 36.9 Å². The third-order valence-electron chi connectivity index (χ3n) is 3.75. The summed E-state index contributed by atoms with van der Waals surface area (Å²) in [7, 11) is 0. The number of carbonyl (C=O) groups is 2. The topological polar surface area (TPSA) is 107 Å². The van der Waals surface area contributed by atoms with Crippen molar-refractivity contribution in [1.29, 1.82) is 0 Å². The molecule has 0 aromatic carbocycles. The molecule has 1 amide bonds. The Balaban J connectivity index is 2.18. The SMILES string of the molecule is Cc1nc(Cn2nccc(C(C)C(=O)NC(C)C(=O)CF)c2=O)co1. The molecule has 8 nitrogen and oxygen atoms in total. The minimum Gasteiger partial charge on any atom is -0.449 e. The smallest absolute Gasteiger partial charge is 0.271 e. The van der Waals surface area contributed by atoms with Gasteiger partial charge in [0.1, 0.15) is 18.6 Å². The number of hydrogen-bond acceptors (Lipinski definition) is 6. The van der Waals surface area contributed by atoms with Crippen molar-refractivity contribution in [3.8, 4) is 0 Å². The number of rotatable bonds is 7. The Morgan fingerprint density at radius 2 is 2.12 bits per heavy atom. The molecule has 1 N–H and O–H groups in total. The fourth-order valence-corrected chi connectivity index (χ4v) is 2.22. The predicted molar refractivity (Wildman–Crippen MR) is 85.8 cm³/mol. The molecule has 0 aliphatic carbocycles. The first-order valence-electron chi connectivity index (χ1n) is 7.69. The largest absolute Gasteiger partial charge is 0.449 e. The van der Waals surface area contributed by atoms with Crippen molar-refractivity contribution >= 4 is 11.7 Å². The average molecular weight is 350 g/mol. The molecular formula is C16H19FN4O4. The van der Waals surface area contributed by atoms with Crippen LogP contribution in [-0.2, 0) is 16.1 Å². The quantitative estimate of drug-likeness (QED) is 0.789. The molecule has 0 saturated carbocycles. The molecule has 9 heteroatoms. The lowest BCUT2D eigenvalue weighted by Gasteiger charge is -2.16. The van der Waals surface area contributed by atoms with Crippen LogP contribution < -0.4 is 10.9 Å². The zero-order valence-electron chi connectivity index (χ0n) is 14.2. The van der Waals surface area contributed by atoms with E-state index in [4.69, 9.17) is 4.42 Å². The van der Waals surface area contributed by atoms with E-state index in [0.717, 1.165) is 0 Å². The van der Waals surface area contributed by atoms with Crippen molar-refractivity contribution in [2.75, 3.05) is 6.67 Å². The molecule has 2 aromatic rings. The fourth-order valence-electron chi connectivity index (χ4n) is 2.22. The van der Waals surface area contributed by atoms with Gasteiger partial charge in [0.15, 0.2) is 11.7 Å². The van der Waals surface area contributed by atoms with Gasteiger partial charge in [-0.3, -0.25) is 14.4 Å². The Bertz CT molecular complexity index is 830. The molecule has 2 unspecified atom stereocenters. The molecule has 2 heterocycles. The monoisotopic (exact) mass is 350 g/mol. The molecule has 0 radical (unpaired) electrons. The number of nitrogens with zero attached hydrogens (tertiary/aromatic N) is 3. The van der Waals surface area contributed by atoms with Gasteiger partial charge in [0, 0.05) is 18.7 Å². The Morgan fingerprint density at radius 3 is 2.72 bits per heavy atom. The molecule has 0 aliphatic heterocycles. The molecule has 2 rings (SSSR count). The third kappa shape index (κ3) is 4.37.